The molecule has 1 heterocycles. The summed E-state index contributed by atoms with van der Waals surface area (Å²) < 4.78 is 1.39. The second-order valence-electron chi connectivity index (χ2n) is 5.45. The lowest BCUT2D eigenvalue weighted by Gasteiger charge is -2.02. The van der Waals surface area contributed by atoms with E-state index in [1.54, 1.807) is 6.07 Å². The zero-order valence-electron chi connectivity index (χ0n) is 13.7. The Morgan fingerprint density at radius 3 is 2.63 bits per heavy atom. The van der Waals surface area contributed by atoms with Crippen LogP contribution in [0.3, 0.4) is 0 Å². The molecular formula is C16H12N6O5. The number of nitrogens with one attached hydrogen (secondary N) is 1. The number of nitrogens with zero attached hydrogens (tertiary/aromatic N) is 5. The minimum absolute atomic E-state index is 0.0620. The smallest absolute Gasteiger partial charge is 0.270 e. The normalized spacial score (nSPS) is 11.0. The van der Waals surface area contributed by atoms with Gasteiger partial charge < -0.3 is 0 Å². The predicted molar refractivity (Wildman–Crippen MR) is 95.2 cm³/mol. The molecule has 136 valence electrons. The third-order valence-corrected chi connectivity index (χ3v) is 3.61. The largest absolute Gasteiger partial charge is 0.271 e. The van der Waals surface area contributed by atoms with Crippen LogP contribution in [0.1, 0.15) is 5.56 Å². The van der Waals surface area contributed by atoms with Crippen molar-refractivity contribution in [2.75, 3.05) is 0 Å². The van der Waals surface area contributed by atoms with Crippen LogP contribution in [0.4, 0.5) is 11.4 Å². The van der Waals surface area contributed by atoms with Gasteiger partial charge in [-0.05, 0) is 6.07 Å². The molecule has 27 heavy (non-hydrogen) atoms. The van der Waals surface area contributed by atoms with E-state index in [9.17, 15) is 25.0 Å². The van der Waals surface area contributed by atoms with E-state index in [1.807, 2.05) is 0 Å². The number of fused-ring (bicyclic) bond motifs is 1. The summed E-state index contributed by atoms with van der Waals surface area (Å²) in [6, 6.07) is 10.0. The van der Waals surface area contributed by atoms with E-state index < -0.39 is 15.8 Å². The Kier molecular flexibility index (Phi) is 4.84. The molecule has 11 heteroatoms. The zero-order chi connectivity index (χ0) is 19.4. The number of carbonyl (C=O) groups is 1. The lowest BCUT2D eigenvalue weighted by molar-refractivity contribution is -0.385. The van der Waals surface area contributed by atoms with E-state index >= 15 is 0 Å². The van der Waals surface area contributed by atoms with Gasteiger partial charge in [0.2, 0.25) is 0 Å². The molecule has 11 nitrogen and oxygen atoms in total. The maximum absolute atomic E-state index is 12.0. The number of amides is 1. The Hall–Kier alpha value is -4.15. The number of non-ortho nitro benzene ring substituents is 2. The highest BCUT2D eigenvalue weighted by molar-refractivity contribution is 5.85. The highest BCUT2D eigenvalue weighted by Crippen LogP contribution is 2.20. The number of carbonyl (C=O) groups excluding carboxylic acids is 1. The SMILES string of the molecule is O=C(Cn1ncc2cc([N+](=O)[O-])ccc21)N/N=C/c1cccc([N+](=O)[O-])c1. The van der Waals surface area contributed by atoms with Gasteiger partial charge in [-0.3, -0.25) is 29.7 Å². The molecule has 3 aromatic rings. The summed E-state index contributed by atoms with van der Waals surface area (Å²) in [4.78, 5) is 32.5. The topological polar surface area (TPSA) is 146 Å². The fourth-order valence-electron chi connectivity index (χ4n) is 2.38. The molecule has 0 aliphatic rings. The van der Waals surface area contributed by atoms with Crippen molar-refractivity contribution in [3.8, 4) is 0 Å². The maximum atomic E-state index is 12.0. The summed E-state index contributed by atoms with van der Waals surface area (Å²) in [5.41, 5.74) is 3.19. The molecule has 0 radical (unpaired) electrons. The Morgan fingerprint density at radius 1 is 1.15 bits per heavy atom. The Labute approximate surface area is 151 Å². The molecule has 3 rings (SSSR count). The van der Waals surface area contributed by atoms with Crippen LogP contribution in [0.2, 0.25) is 0 Å². The summed E-state index contributed by atoms with van der Waals surface area (Å²) in [5, 5.41) is 29.8. The molecule has 1 amide bonds. The lowest BCUT2D eigenvalue weighted by atomic mass is 10.2. The van der Waals surface area contributed by atoms with E-state index in [0.717, 1.165) is 0 Å². The first-order chi connectivity index (χ1) is 12.9. The highest BCUT2D eigenvalue weighted by Gasteiger charge is 2.11. The standard InChI is InChI=1S/C16H12N6O5/c23-16(19-17-8-11-2-1-3-13(6-11)21(24)25)10-20-15-5-4-14(22(26)27)7-12(15)9-18-20/h1-9H,10H2,(H,19,23)/b17-8+. The van der Waals surface area contributed by atoms with E-state index in [0.29, 0.717) is 16.5 Å². The average molecular weight is 368 g/mol. The number of rotatable bonds is 6. The summed E-state index contributed by atoms with van der Waals surface area (Å²) >= 11 is 0. The zero-order valence-corrected chi connectivity index (χ0v) is 13.7. The molecule has 0 spiro atoms. The van der Waals surface area contributed by atoms with Gasteiger partial charge in [-0.15, -0.1) is 0 Å². The number of hydrazone groups is 1. The van der Waals surface area contributed by atoms with Gasteiger partial charge in [0, 0.05) is 35.2 Å². The van der Waals surface area contributed by atoms with Crippen molar-refractivity contribution in [1.82, 2.24) is 15.2 Å². The summed E-state index contributed by atoms with van der Waals surface area (Å²) in [5.74, 6) is -0.472. The number of hydrogen-bond donors (Lipinski definition) is 1. The van der Waals surface area contributed by atoms with E-state index in [1.165, 1.54) is 53.5 Å². The second kappa shape index (κ2) is 7.39. The first-order valence-electron chi connectivity index (χ1n) is 7.60. The molecule has 0 saturated heterocycles. The fourth-order valence-corrected chi connectivity index (χ4v) is 2.38. The molecule has 0 bridgehead atoms. The van der Waals surface area contributed by atoms with Crippen LogP contribution in [-0.4, -0.2) is 31.7 Å². The van der Waals surface area contributed by atoms with Crippen LogP contribution in [-0.2, 0) is 11.3 Å². The minimum Gasteiger partial charge on any atom is -0.271 e. The third kappa shape index (κ3) is 4.10. The molecule has 0 unspecified atom stereocenters. The first kappa shape index (κ1) is 17.7. The molecular weight excluding hydrogens is 356 g/mol. The number of nitro benzene ring substituents is 2. The molecule has 0 aliphatic heterocycles. The van der Waals surface area contributed by atoms with Crippen LogP contribution in [0.15, 0.2) is 53.8 Å². The van der Waals surface area contributed by atoms with Crippen LogP contribution < -0.4 is 5.43 Å². The van der Waals surface area contributed by atoms with Crippen molar-refractivity contribution in [3.05, 3.63) is 74.5 Å². The number of aromatic nitrogens is 2. The number of benzene rings is 2. The van der Waals surface area contributed by atoms with E-state index in [2.05, 4.69) is 15.6 Å². The molecule has 0 fully saturated rings. The highest BCUT2D eigenvalue weighted by atomic mass is 16.6. The van der Waals surface area contributed by atoms with Crippen molar-refractivity contribution in [2.24, 2.45) is 5.10 Å². The van der Waals surface area contributed by atoms with Gasteiger partial charge in [0.1, 0.15) is 6.54 Å². The second-order valence-corrected chi connectivity index (χ2v) is 5.45. The van der Waals surface area contributed by atoms with Crippen LogP contribution in [0.25, 0.3) is 10.9 Å². The van der Waals surface area contributed by atoms with E-state index in [4.69, 9.17) is 0 Å². The van der Waals surface area contributed by atoms with Crippen LogP contribution in [0.5, 0.6) is 0 Å². The van der Waals surface area contributed by atoms with Gasteiger partial charge in [0.25, 0.3) is 17.3 Å². The van der Waals surface area contributed by atoms with Gasteiger partial charge in [-0.1, -0.05) is 12.1 Å². The van der Waals surface area contributed by atoms with Crippen LogP contribution >= 0.6 is 0 Å². The van der Waals surface area contributed by atoms with Gasteiger partial charge in [0.05, 0.1) is 27.8 Å². The average Bonchev–Trinajstić information content (AvgIpc) is 3.04. The Bertz CT molecular complexity index is 1070. The first-order valence-corrected chi connectivity index (χ1v) is 7.60. The Balaban J connectivity index is 1.66. The molecule has 1 aromatic heterocycles. The lowest BCUT2D eigenvalue weighted by Crippen LogP contribution is -2.23. The van der Waals surface area contributed by atoms with Gasteiger partial charge in [-0.2, -0.15) is 10.2 Å². The molecule has 2 aromatic carbocycles. The van der Waals surface area contributed by atoms with Crippen molar-refractivity contribution in [1.29, 1.82) is 0 Å². The Morgan fingerprint density at radius 2 is 1.89 bits per heavy atom. The van der Waals surface area contributed by atoms with Gasteiger partial charge in [-0.25, -0.2) is 5.43 Å². The van der Waals surface area contributed by atoms with E-state index in [-0.39, 0.29) is 17.9 Å². The maximum Gasteiger partial charge on any atom is 0.270 e. The van der Waals surface area contributed by atoms with Crippen molar-refractivity contribution < 1.29 is 14.6 Å². The predicted octanol–water partition coefficient (Wildman–Crippen LogP) is 2.00. The summed E-state index contributed by atoms with van der Waals surface area (Å²) in [7, 11) is 0. The summed E-state index contributed by atoms with van der Waals surface area (Å²) in [6.45, 7) is -0.145. The quantitative estimate of drug-likeness (QED) is 0.400. The van der Waals surface area contributed by atoms with Crippen molar-refractivity contribution in [2.45, 2.75) is 6.54 Å². The van der Waals surface area contributed by atoms with Gasteiger partial charge >= 0.3 is 0 Å². The monoisotopic (exact) mass is 368 g/mol. The number of hydrogen-bond acceptors (Lipinski definition) is 7. The summed E-state index contributed by atoms with van der Waals surface area (Å²) in [6.07, 6.45) is 2.72. The van der Waals surface area contributed by atoms with Gasteiger partial charge in [0.15, 0.2) is 0 Å². The van der Waals surface area contributed by atoms with Crippen LogP contribution in [0, 0.1) is 20.2 Å². The fraction of sp³-hybridized carbons (Fsp3) is 0.0625. The molecule has 0 saturated carbocycles. The number of nitro groups is 2. The van der Waals surface area contributed by atoms with Crippen molar-refractivity contribution in [3.63, 3.8) is 0 Å². The molecule has 0 atom stereocenters. The minimum atomic E-state index is -0.525. The molecule has 0 aliphatic carbocycles. The molecule has 1 N–H and O–H groups in total. The third-order valence-electron chi connectivity index (χ3n) is 3.61. The van der Waals surface area contributed by atoms with Crippen molar-refractivity contribution >= 4 is 34.4 Å².